The molecule has 0 aliphatic heterocycles. The maximum Gasteiger partial charge on any atom is 0.0847 e. The molecule has 1 aromatic rings. The minimum Gasteiger partial charge on any atom is -0.316 e. The fraction of sp³-hybridized carbons (Fsp3) is 0.812. The van der Waals surface area contributed by atoms with E-state index in [9.17, 15) is 0 Å². The Balaban J connectivity index is 2.08. The van der Waals surface area contributed by atoms with Crippen molar-refractivity contribution in [1.82, 2.24) is 15.1 Å². The standard InChI is InChI=1S/C16H28ClN3/c1-12(2)10-18-11-16(7-5-6-8-16)9-14-15(17)13(3)19-20(14)4/h12,18H,5-11H2,1-4H3. The van der Waals surface area contributed by atoms with Crippen molar-refractivity contribution >= 4 is 11.6 Å². The van der Waals surface area contributed by atoms with Crippen LogP contribution in [0.25, 0.3) is 0 Å². The third kappa shape index (κ3) is 3.56. The van der Waals surface area contributed by atoms with Crippen molar-refractivity contribution in [1.29, 1.82) is 0 Å². The van der Waals surface area contributed by atoms with Gasteiger partial charge in [0.15, 0.2) is 0 Å². The van der Waals surface area contributed by atoms with Crippen LogP contribution in [0.2, 0.25) is 5.02 Å². The van der Waals surface area contributed by atoms with Crippen LogP contribution in [0.1, 0.15) is 50.9 Å². The highest BCUT2D eigenvalue weighted by atomic mass is 35.5. The van der Waals surface area contributed by atoms with Gasteiger partial charge in [0.1, 0.15) is 0 Å². The zero-order valence-corrected chi connectivity index (χ0v) is 14.1. The Morgan fingerprint density at radius 1 is 1.35 bits per heavy atom. The number of aromatic nitrogens is 2. The average Bonchev–Trinajstić information content (AvgIpc) is 2.91. The maximum atomic E-state index is 6.44. The fourth-order valence-corrected chi connectivity index (χ4v) is 3.62. The van der Waals surface area contributed by atoms with Gasteiger partial charge in [0.05, 0.1) is 16.4 Å². The molecule has 0 aromatic carbocycles. The lowest BCUT2D eigenvalue weighted by Crippen LogP contribution is -2.36. The van der Waals surface area contributed by atoms with E-state index < -0.39 is 0 Å². The summed E-state index contributed by atoms with van der Waals surface area (Å²) < 4.78 is 1.97. The zero-order chi connectivity index (χ0) is 14.8. The fourth-order valence-electron chi connectivity index (χ4n) is 3.39. The number of nitrogens with one attached hydrogen (secondary N) is 1. The first kappa shape index (κ1) is 15.8. The molecule has 1 fully saturated rings. The third-order valence-corrected chi connectivity index (χ3v) is 5.01. The number of hydrogen-bond acceptors (Lipinski definition) is 2. The molecule has 114 valence electrons. The molecule has 0 saturated heterocycles. The molecule has 3 nitrogen and oxygen atoms in total. The first-order valence-electron chi connectivity index (χ1n) is 7.82. The number of aryl methyl sites for hydroxylation is 2. The van der Waals surface area contributed by atoms with Crippen molar-refractivity contribution < 1.29 is 0 Å². The van der Waals surface area contributed by atoms with Crippen LogP contribution in [-0.4, -0.2) is 22.9 Å². The van der Waals surface area contributed by atoms with E-state index in [1.54, 1.807) is 0 Å². The molecule has 20 heavy (non-hydrogen) atoms. The van der Waals surface area contributed by atoms with E-state index in [2.05, 4.69) is 24.3 Å². The van der Waals surface area contributed by atoms with Crippen LogP contribution in [0.3, 0.4) is 0 Å². The van der Waals surface area contributed by atoms with Gasteiger partial charge in [-0.05, 0) is 44.1 Å². The summed E-state index contributed by atoms with van der Waals surface area (Å²) in [7, 11) is 2.01. The first-order valence-corrected chi connectivity index (χ1v) is 8.20. The second-order valence-corrected chi connectivity index (χ2v) is 7.26. The summed E-state index contributed by atoms with van der Waals surface area (Å²) in [5.74, 6) is 0.705. The van der Waals surface area contributed by atoms with Crippen LogP contribution in [0.5, 0.6) is 0 Å². The summed E-state index contributed by atoms with van der Waals surface area (Å²) >= 11 is 6.44. The maximum absolute atomic E-state index is 6.44. The van der Waals surface area contributed by atoms with Crippen LogP contribution in [0.15, 0.2) is 0 Å². The van der Waals surface area contributed by atoms with Crippen LogP contribution in [0, 0.1) is 18.3 Å². The monoisotopic (exact) mass is 297 g/mol. The molecule has 4 heteroatoms. The summed E-state index contributed by atoms with van der Waals surface area (Å²) in [5, 5.41) is 8.98. The molecule has 0 bridgehead atoms. The summed E-state index contributed by atoms with van der Waals surface area (Å²) in [6.45, 7) is 8.71. The van der Waals surface area contributed by atoms with E-state index in [0.717, 1.165) is 30.2 Å². The van der Waals surface area contributed by atoms with Gasteiger partial charge in [-0.2, -0.15) is 5.10 Å². The van der Waals surface area contributed by atoms with Crippen molar-refractivity contribution in [3.8, 4) is 0 Å². The van der Waals surface area contributed by atoms with Crippen LogP contribution < -0.4 is 5.32 Å². The normalized spacial score (nSPS) is 18.1. The average molecular weight is 298 g/mol. The highest BCUT2D eigenvalue weighted by Gasteiger charge is 2.35. The number of halogens is 1. The van der Waals surface area contributed by atoms with Gasteiger partial charge in [-0.1, -0.05) is 38.3 Å². The van der Waals surface area contributed by atoms with Gasteiger partial charge in [-0.25, -0.2) is 0 Å². The molecule has 1 N–H and O–H groups in total. The van der Waals surface area contributed by atoms with Crippen molar-refractivity contribution in [3.05, 3.63) is 16.4 Å². The predicted octanol–water partition coefficient (Wildman–Crippen LogP) is 3.73. The van der Waals surface area contributed by atoms with E-state index in [1.165, 1.54) is 31.4 Å². The molecule has 0 spiro atoms. The molecule has 0 radical (unpaired) electrons. The Hall–Kier alpha value is -0.540. The van der Waals surface area contributed by atoms with E-state index >= 15 is 0 Å². The molecule has 0 unspecified atom stereocenters. The minimum absolute atomic E-state index is 0.374. The molecular weight excluding hydrogens is 270 g/mol. The van der Waals surface area contributed by atoms with Gasteiger partial charge in [0.25, 0.3) is 0 Å². The van der Waals surface area contributed by atoms with Crippen LogP contribution in [0.4, 0.5) is 0 Å². The number of hydrogen-bond donors (Lipinski definition) is 1. The van der Waals surface area contributed by atoms with Crippen molar-refractivity contribution in [2.45, 2.75) is 52.9 Å². The zero-order valence-electron chi connectivity index (χ0n) is 13.3. The smallest absolute Gasteiger partial charge is 0.0847 e. The Morgan fingerprint density at radius 3 is 2.50 bits per heavy atom. The molecule has 2 rings (SSSR count). The lowest BCUT2D eigenvalue weighted by Gasteiger charge is -2.30. The third-order valence-electron chi connectivity index (χ3n) is 4.52. The summed E-state index contributed by atoms with van der Waals surface area (Å²) in [6, 6.07) is 0. The van der Waals surface area contributed by atoms with Crippen molar-refractivity contribution in [2.24, 2.45) is 18.4 Å². The molecular formula is C16H28ClN3. The second-order valence-electron chi connectivity index (χ2n) is 6.88. The quantitative estimate of drug-likeness (QED) is 0.867. The number of rotatable bonds is 6. The van der Waals surface area contributed by atoms with E-state index in [-0.39, 0.29) is 0 Å². The molecule has 0 amide bonds. The van der Waals surface area contributed by atoms with E-state index in [1.807, 2.05) is 18.7 Å². The molecule has 1 aromatic heterocycles. The second kappa shape index (κ2) is 6.48. The Morgan fingerprint density at radius 2 is 2.00 bits per heavy atom. The topological polar surface area (TPSA) is 29.9 Å². The Kier molecular flexibility index (Phi) is 5.14. The highest BCUT2D eigenvalue weighted by Crippen LogP contribution is 2.41. The van der Waals surface area contributed by atoms with Gasteiger partial charge in [-0.15, -0.1) is 0 Å². The molecule has 1 saturated carbocycles. The summed E-state index contributed by atoms with van der Waals surface area (Å²) in [4.78, 5) is 0. The highest BCUT2D eigenvalue weighted by molar-refractivity contribution is 6.31. The van der Waals surface area contributed by atoms with Crippen LogP contribution >= 0.6 is 11.6 Å². The lowest BCUT2D eigenvalue weighted by atomic mass is 9.81. The summed E-state index contributed by atoms with van der Waals surface area (Å²) in [5.41, 5.74) is 2.53. The molecule has 1 aliphatic carbocycles. The van der Waals surface area contributed by atoms with E-state index in [4.69, 9.17) is 11.6 Å². The van der Waals surface area contributed by atoms with Gasteiger partial charge < -0.3 is 5.32 Å². The Labute approximate surface area is 128 Å². The predicted molar refractivity (Wildman–Crippen MR) is 85.3 cm³/mol. The van der Waals surface area contributed by atoms with Crippen LogP contribution in [-0.2, 0) is 13.5 Å². The number of nitrogens with zero attached hydrogens (tertiary/aromatic N) is 2. The minimum atomic E-state index is 0.374. The van der Waals surface area contributed by atoms with Crippen molar-refractivity contribution in [2.75, 3.05) is 13.1 Å². The SMILES string of the molecule is Cc1nn(C)c(CC2(CNCC(C)C)CCCC2)c1Cl. The van der Waals surface area contributed by atoms with E-state index in [0.29, 0.717) is 11.3 Å². The molecule has 1 heterocycles. The summed E-state index contributed by atoms with van der Waals surface area (Å²) in [6.07, 6.45) is 6.35. The molecule has 1 aliphatic rings. The van der Waals surface area contributed by atoms with Gasteiger partial charge in [0.2, 0.25) is 0 Å². The van der Waals surface area contributed by atoms with Gasteiger partial charge in [-0.3, -0.25) is 4.68 Å². The van der Waals surface area contributed by atoms with Gasteiger partial charge >= 0.3 is 0 Å². The lowest BCUT2D eigenvalue weighted by molar-refractivity contribution is 0.267. The van der Waals surface area contributed by atoms with Gasteiger partial charge in [0, 0.05) is 13.6 Å². The molecule has 0 atom stereocenters. The van der Waals surface area contributed by atoms with Crippen molar-refractivity contribution in [3.63, 3.8) is 0 Å². The first-order chi connectivity index (χ1) is 9.43. The Bertz CT molecular complexity index is 445. The largest absolute Gasteiger partial charge is 0.316 e.